The highest BCUT2D eigenvalue weighted by Gasteiger charge is 2.79. The highest BCUT2D eigenvalue weighted by Crippen LogP contribution is 2.70. The van der Waals surface area contributed by atoms with Crippen LogP contribution in [0.4, 0.5) is 4.39 Å². The number of aliphatic hydroxyl groups is 3. The van der Waals surface area contributed by atoms with Gasteiger partial charge in [-0.3, -0.25) is 0 Å². The maximum absolute atomic E-state index is 17.0. The molecule has 192 valence electrons. The molecule has 1 saturated carbocycles. The molecule has 7 nitrogen and oxygen atoms in total. The summed E-state index contributed by atoms with van der Waals surface area (Å²) in [5, 5.41) is 33.5. The van der Waals surface area contributed by atoms with Crippen molar-refractivity contribution in [1.82, 2.24) is 9.88 Å². The van der Waals surface area contributed by atoms with E-state index in [2.05, 4.69) is 30.1 Å². The van der Waals surface area contributed by atoms with Crippen molar-refractivity contribution in [3.8, 4) is 0 Å². The van der Waals surface area contributed by atoms with Gasteiger partial charge in [0.15, 0.2) is 17.6 Å². The fraction of sp³-hybridized carbons (Fsp3) is 0.607. The molecule has 2 spiro atoms. The fourth-order valence-electron chi connectivity index (χ4n) is 8.55. The summed E-state index contributed by atoms with van der Waals surface area (Å²) >= 11 is 0. The molecule has 1 aromatic carbocycles. The molecule has 7 rings (SSSR count). The molecule has 1 aromatic heterocycles. The molecule has 36 heavy (non-hydrogen) atoms. The van der Waals surface area contributed by atoms with E-state index in [-0.39, 0.29) is 17.8 Å². The lowest BCUT2D eigenvalue weighted by atomic mass is 9.55. The van der Waals surface area contributed by atoms with Crippen LogP contribution in [0.2, 0.25) is 0 Å². The SMILES string of the molecule is CN(C)[C@H]1C[C@@]23CC[C@@]4(O2)C(=CC[C@]2(C)C(c5ccc6ocnc6c5)=CCC24)C(O)C3(F)[C@@H](O)[C@@H]1O. The average Bonchev–Trinajstić information content (AvgIpc) is 3.55. The van der Waals surface area contributed by atoms with Crippen molar-refractivity contribution in [2.75, 3.05) is 14.1 Å². The van der Waals surface area contributed by atoms with Gasteiger partial charge >= 0.3 is 0 Å². The van der Waals surface area contributed by atoms with Crippen LogP contribution in [0.25, 0.3) is 16.7 Å². The van der Waals surface area contributed by atoms with Crippen molar-refractivity contribution < 1.29 is 28.9 Å². The largest absolute Gasteiger partial charge is 0.443 e. The van der Waals surface area contributed by atoms with Crippen LogP contribution in [0.1, 0.15) is 44.6 Å². The molecule has 3 N–H and O–H groups in total. The molecule has 2 aromatic rings. The predicted molar refractivity (Wildman–Crippen MR) is 131 cm³/mol. The quantitative estimate of drug-likeness (QED) is 0.550. The number of aromatic nitrogens is 1. The maximum atomic E-state index is 17.0. The Kier molecular flexibility index (Phi) is 4.52. The van der Waals surface area contributed by atoms with E-state index < -0.39 is 41.2 Å². The number of nitrogens with zero attached hydrogens (tertiary/aromatic N) is 2. The maximum Gasteiger partial charge on any atom is 0.197 e. The van der Waals surface area contributed by atoms with Gasteiger partial charge in [-0.15, -0.1) is 0 Å². The van der Waals surface area contributed by atoms with E-state index in [0.717, 1.165) is 23.1 Å². The van der Waals surface area contributed by atoms with Gasteiger partial charge in [0, 0.05) is 17.4 Å². The molecule has 3 aliphatic carbocycles. The zero-order valence-electron chi connectivity index (χ0n) is 20.8. The van der Waals surface area contributed by atoms with E-state index in [0.29, 0.717) is 24.8 Å². The Bertz CT molecular complexity index is 1320. The molecule has 9 atom stereocenters. The Balaban J connectivity index is 1.32. The molecule has 2 aliphatic heterocycles. The summed E-state index contributed by atoms with van der Waals surface area (Å²) in [4.78, 5) is 6.14. The molecule has 3 unspecified atom stereocenters. The Morgan fingerprint density at radius 2 is 1.94 bits per heavy atom. The zero-order valence-corrected chi connectivity index (χ0v) is 20.8. The van der Waals surface area contributed by atoms with Gasteiger partial charge in [0.2, 0.25) is 0 Å². The van der Waals surface area contributed by atoms with E-state index in [4.69, 9.17) is 9.15 Å². The number of aliphatic hydroxyl groups excluding tert-OH is 3. The molecule has 2 saturated heterocycles. The minimum atomic E-state index is -2.47. The third kappa shape index (κ3) is 2.48. The molecular formula is C28H33FN2O5. The fourth-order valence-corrected chi connectivity index (χ4v) is 8.55. The first-order valence-electron chi connectivity index (χ1n) is 12.9. The molecule has 2 bridgehead atoms. The number of ether oxygens (including phenoxy) is 1. The lowest BCUT2D eigenvalue weighted by Gasteiger charge is -2.62. The van der Waals surface area contributed by atoms with Crippen LogP contribution in [0.5, 0.6) is 0 Å². The van der Waals surface area contributed by atoms with Crippen LogP contribution < -0.4 is 0 Å². The number of allylic oxidation sites excluding steroid dienone is 3. The number of hydrogen-bond donors (Lipinski definition) is 3. The molecule has 3 heterocycles. The van der Waals surface area contributed by atoms with Gasteiger partial charge in [-0.2, -0.15) is 0 Å². The third-order valence-electron chi connectivity index (χ3n) is 10.4. The molecular weight excluding hydrogens is 463 g/mol. The topological polar surface area (TPSA) is 99.2 Å². The monoisotopic (exact) mass is 496 g/mol. The van der Waals surface area contributed by atoms with Gasteiger partial charge in [0.25, 0.3) is 0 Å². The van der Waals surface area contributed by atoms with Crippen molar-refractivity contribution in [1.29, 1.82) is 0 Å². The number of halogens is 1. The van der Waals surface area contributed by atoms with Crippen LogP contribution in [-0.2, 0) is 4.74 Å². The van der Waals surface area contributed by atoms with Crippen LogP contribution >= 0.6 is 0 Å². The van der Waals surface area contributed by atoms with Gasteiger partial charge in [-0.05, 0) is 75.0 Å². The van der Waals surface area contributed by atoms with Crippen LogP contribution in [0.15, 0.2) is 46.7 Å². The molecule has 5 aliphatic rings. The molecule has 3 fully saturated rings. The van der Waals surface area contributed by atoms with Gasteiger partial charge < -0.3 is 29.4 Å². The number of hydrogen-bond acceptors (Lipinski definition) is 7. The molecule has 8 heteroatoms. The number of rotatable bonds is 2. The minimum absolute atomic E-state index is 0.0216. The molecule has 0 amide bonds. The summed E-state index contributed by atoms with van der Waals surface area (Å²) in [6.07, 6.45) is 3.63. The van der Waals surface area contributed by atoms with Crippen molar-refractivity contribution in [2.24, 2.45) is 11.3 Å². The van der Waals surface area contributed by atoms with Gasteiger partial charge in [-0.25, -0.2) is 9.37 Å². The van der Waals surface area contributed by atoms with E-state index in [9.17, 15) is 15.3 Å². The average molecular weight is 497 g/mol. The standard InChI is InChI=1S/C28H33FN2O5/c1-25-9-8-17-23(33)28(29)24(34)22(32)19(31(2)3)13-26(28)10-11-27(17,36-26)21(25)7-5-16(25)15-4-6-20-18(12-15)30-14-35-20/h4-6,8,12,14,19,21-24,32-34H,7,9-11,13H2,1-3H3/t19-,21?,22+,23?,24-,25+,26+,27+,28?/m0/s1. The van der Waals surface area contributed by atoms with Crippen LogP contribution in [-0.4, -0.2) is 80.5 Å². The van der Waals surface area contributed by atoms with Gasteiger partial charge in [0.1, 0.15) is 23.3 Å². The number of alkyl halides is 1. The Morgan fingerprint density at radius 1 is 1.14 bits per heavy atom. The lowest BCUT2D eigenvalue weighted by molar-refractivity contribution is -0.308. The molecule has 0 radical (unpaired) electrons. The van der Waals surface area contributed by atoms with Crippen molar-refractivity contribution in [2.45, 2.75) is 80.3 Å². The Hall–Kier alpha value is -2.10. The smallest absolute Gasteiger partial charge is 0.197 e. The first-order valence-corrected chi connectivity index (χ1v) is 12.9. The number of benzene rings is 1. The van der Waals surface area contributed by atoms with E-state index >= 15 is 4.39 Å². The summed E-state index contributed by atoms with van der Waals surface area (Å²) in [5.74, 6) is 0.0216. The normalized spacial score (nSPS) is 47.4. The van der Waals surface area contributed by atoms with Gasteiger partial charge in [-0.1, -0.05) is 25.1 Å². The first kappa shape index (κ1) is 23.0. The van der Waals surface area contributed by atoms with E-state index in [1.807, 2.05) is 31.1 Å². The second kappa shape index (κ2) is 7.05. The third-order valence-corrected chi connectivity index (χ3v) is 10.4. The summed E-state index contributed by atoms with van der Waals surface area (Å²) in [6.45, 7) is 2.24. The van der Waals surface area contributed by atoms with Crippen molar-refractivity contribution >= 4 is 16.7 Å². The number of fused-ring (bicyclic) bond motifs is 2. The van der Waals surface area contributed by atoms with Crippen molar-refractivity contribution in [3.05, 3.63) is 47.9 Å². The zero-order chi connectivity index (χ0) is 25.3. The first-order chi connectivity index (χ1) is 17.1. The van der Waals surface area contributed by atoms with Gasteiger partial charge in [0.05, 0.1) is 11.7 Å². The Labute approximate surface area is 209 Å². The van der Waals surface area contributed by atoms with E-state index in [1.54, 1.807) is 0 Å². The second-order valence-electron chi connectivity index (χ2n) is 12.0. The minimum Gasteiger partial charge on any atom is -0.443 e. The summed E-state index contributed by atoms with van der Waals surface area (Å²) in [6, 6.07) is 5.58. The summed E-state index contributed by atoms with van der Waals surface area (Å²) in [7, 11) is 3.63. The number of oxazole rings is 1. The van der Waals surface area contributed by atoms with Crippen molar-refractivity contribution in [3.63, 3.8) is 0 Å². The highest BCUT2D eigenvalue weighted by molar-refractivity contribution is 5.82. The van der Waals surface area contributed by atoms with Crippen LogP contribution in [0.3, 0.4) is 0 Å². The second-order valence-corrected chi connectivity index (χ2v) is 12.0. The number of likely N-dealkylation sites (N-methyl/N-ethyl adjacent to an activating group) is 1. The van der Waals surface area contributed by atoms with Crippen LogP contribution in [0, 0.1) is 11.3 Å². The summed E-state index contributed by atoms with van der Waals surface area (Å²) < 4.78 is 29.3. The predicted octanol–water partition coefficient (Wildman–Crippen LogP) is 2.99. The van der Waals surface area contributed by atoms with E-state index in [1.165, 1.54) is 12.0 Å². The lowest BCUT2D eigenvalue weighted by Crippen LogP contribution is -2.78. The Morgan fingerprint density at radius 3 is 2.72 bits per heavy atom. The highest BCUT2D eigenvalue weighted by atomic mass is 19.1. The summed E-state index contributed by atoms with van der Waals surface area (Å²) in [5.41, 5.74) is -0.520.